The molecule has 0 amide bonds. The predicted octanol–water partition coefficient (Wildman–Crippen LogP) is 0.0148. The Kier molecular flexibility index (Phi) is 4.66. The highest BCUT2D eigenvalue weighted by Crippen LogP contribution is 2.34. The highest BCUT2D eigenvalue weighted by Gasteiger charge is 2.18. The van der Waals surface area contributed by atoms with Gasteiger partial charge in [0, 0.05) is 14.1 Å². The molecule has 0 saturated heterocycles. The van der Waals surface area contributed by atoms with E-state index in [4.69, 9.17) is 20.3 Å². The maximum absolute atomic E-state index is 10.8. The van der Waals surface area contributed by atoms with Crippen molar-refractivity contribution in [3.8, 4) is 0 Å². The van der Waals surface area contributed by atoms with Crippen molar-refractivity contribution in [3.63, 3.8) is 0 Å². The molecule has 11 heteroatoms. The first kappa shape index (κ1) is 16.6. The van der Waals surface area contributed by atoms with Crippen LogP contribution in [0.25, 0.3) is 11.2 Å². The van der Waals surface area contributed by atoms with E-state index in [1.165, 1.54) is 0 Å². The number of rotatable bonds is 6. The third kappa shape index (κ3) is 3.92. The van der Waals surface area contributed by atoms with Crippen LogP contribution in [0.3, 0.4) is 0 Å². The minimum atomic E-state index is -4.19. The number of anilines is 2. The Labute approximate surface area is 127 Å². The summed E-state index contributed by atoms with van der Waals surface area (Å²) in [6.07, 6.45) is 0.522. The molecule has 2 aromatic heterocycles. The van der Waals surface area contributed by atoms with Gasteiger partial charge in [0.25, 0.3) is 0 Å². The van der Waals surface area contributed by atoms with Crippen LogP contribution in [0, 0.1) is 0 Å². The van der Waals surface area contributed by atoms with E-state index in [0.29, 0.717) is 23.5 Å². The molecule has 2 rings (SSSR count). The van der Waals surface area contributed by atoms with Crippen LogP contribution in [0.4, 0.5) is 11.8 Å². The van der Waals surface area contributed by atoms with Gasteiger partial charge in [-0.25, -0.2) is 4.98 Å². The topological polar surface area (TPSA) is 140 Å². The molecule has 0 radical (unpaired) electrons. The fourth-order valence-corrected chi connectivity index (χ4v) is 2.39. The minimum absolute atomic E-state index is 0.127. The number of fused-ring (bicyclic) bond motifs is 1. The Morgan fingerprint density at radius 1 is 1.45 bits per heavy atom. The van der Waals surface area contributed by atoms with E-state index < -0.39 is 20.0 Å². The van der Waals surface area contributed by atoms with Crippen LogP contribution in [0.15, 0.2) is 6.33 Å². The summed E-state index contributed by atoms with van der Waals surface area (Å²) < 4.78 is 17.7. The van der Waals surface area contributed by atoms with Crippen molar-refractivity contribution in [2.24, 2.45) is 0 Å². The summed E-state index contributed by atoms with van der Waals surface area (Å²) >= 11 is 0. The maximum Gasteiger partial charge on any atom is 0.350 e. The smallest absolute Gasteiger partial charge is 0.350 e. The molecule has 0 aliphatic heterocycles. The molecule has 10 nitrogen and oxygen atoms in total. The molecule has 22 heavy (non-hydrogen) atoms. The van der Waals surface area contributed by atoms with Gasteiger partial charge in [-0.15, -0.1) is 0 Å². The van der Waals surface area contributed by atoms with Crippen molar-refractivity contribution in [1.29, 1.82) is 0 Å². The fraction of sp³-hybridized carbons (Fsp3) is 0.545. The van der Waals surface area contributed by atoms with Crippen LogP contribution in [0.1, 0.15) is 6.92 Å². The van der Waals surface area contributed by atoms with E-state index in [0.717, 1.165) is 0 Å². The molecular weight excluding hydrogens is 311 g/mol. The van der Waals surface area contributed by atoms with Gasteiger partial charge in [0.1, 0.15) is 6.35 Å². The maximum atomic E-state index is 10.8. The van der Waals surface area contributed by atoms with Gasteiger partial charge in [-0.05, 0) is 6.92 Å². The van der Waals surface area contributed by atoms with Crippen molar-refractivity contribution in [3.05, 3.63) is 6.33 Å². The van der Waals surface area contributed by atoms with Crippen LogP contribution < -0.4 is 10.6 Å². The summed E-state index contributed by atoms with van der Waals surface area (Å²) in [4.78, 5) is 32.0. The lowest BCUT2D eigenvalue weighted by molar-refractivity contribution is 0.0764. The largest absolute Gasteiger partial charge is 0.368 e. The van der Waals surface area contributed by atoms with Gasteiger partial charge in [-0.3, -0.25) is 4.57 Å². The molecule has 2 heterocycles. The third-order valence-electron chi connectivity index (χ3n) is 2.87. The van der Waals surface area contributed by atoms with Crippen LogP contribution in [0.5, 0.6) is 0 Å². The molecule has 0 saturated carbocycles. The number of hydrogen-bond acceptors (Lipinski definition) is 7. The second kappa shape index (κ2) is 6.17. The summed E-state index contributed by atoms with van der Waals surface area (Å²) in [6, 6.07) is 0. The first-order chi connectivity index (χ1) is 10.2. The number of nitrogens with two attached hydrogens (primary N) is 1. The molecule has 0 aliphatic rings. The van der Waals surface area contributed by atoms with E-state index in [2.05, 4.69) is 15.0 Å². The van der Waals surface area contributed by atoms with Crippen LogP contribution >= 0.6 is 7.60 Å². The molecular formula is C11H19N6O4P. The summed E-state index contributed by atoms with van der Waals surface area (Å²) in [5.41, 5.74) is 6.86. The van der Waals surface area contributed by atoms with Crippen molar-refractivity contribution < 1.29 is 19.1 Å². The van der Waals surface area contributed by atoms with E-state index >= 15 is 0 Å². The Morgan fingerprint density at radius 3 is 2.73 bits per heavy atom. The van der Waals surface area contributed by atoms with Gasteiger partial charge < -0.3 is 29.7 Å². The number of nitrogens with zero attached hydrogens (tertiary/aromatic N) is 5. The zero-order valence-electron chi connectivity index (χ0n) is 12.5. The Balaban J connectivity index is 2.24. The van der Waals surface area contributed by atoms with Gasteiger partial charge in [-0.2, -0.15) is 9.97 Å². The summed E-state index contributed by atoms with van der Waals surface area (Å²) in [5, 5.41) is 0. The van der Waals surface area contributed by atoms with E-state index in [1.54, 1.807) is 22.7 Å². The standard InChI is InChI=1S/C11H19N6O4P/c1-7(21-6-22(18,19)20)4-17-5-13-8-9(16(2)3)14-11(12)15-10(8)17/h5,7H,4,6H2,1-3H3,(H2,12,14,15)(H2,18,19,20). The lowest BCUT2D eigenvalue weighted by atomic mass is 10.4. The number of nitrogen functional groups attached to an aromatic ring is 1. The third-order valence-corrected chi connectivity index (χ3v) is 3.35. The zero-order valence-corrected chi connectivity index (χ0v) is 13.4. The molecule has 0 aliphatic carbocycles. The number of hydrogen-bond donors (Lipinski definition) is 3. The number of aromatic nitrogens is 4. The monoisotopic (exact) mass is 330 g/mol. The summed E-state index contributed by atoms with van der Waals surface area (Å²) in [6.45, 7) is 2.04. The molecule has 0 fully saturated rings. The Bertz CT molecular complexity index is 712. The first-order valence-corrected chi connectivity index (χ1v) is 8.29. The van der Waals surface area contributed by atoms with Crippen LogP contribution in [0.2, 0.25) is 0 Å². The Hall–Kier alpha value is -1.74. The minimum Gasteiger partial charge on any atom is -0.368 e. The molecule has 2 aromatic rings. The lowest BCUT2D eigenvalue weighted by Gasteiger charge is -2.15. The van der Waals surface area contributed by atoms with Crippen molar-refractivity contribution in [1.82, 2.24) is 19.5 Å². The molecule has 0 aromatic carbocycles. The van der Waals surface area contributed by atoms with Crippen molar-refractivity contribution in [2.45, 2.75) is 19.6 Å². The van der Waals surface area contributed by atoms with Gasteiger partial charge in [0.15, 0.2) is 17.0 Å². The highest BCUT2D eigenvalue weighted by atomic mass is 31.2. The molecule has 0 spiro atoms. The van der Waals surface area contributed by atoms with Crippen molar-refractivity contribution >= 4 is 30.5 Å². The summed E-state index contributed by atoms with van der Waals surface area (Å²) in [7, 11) is -0.535. The molecule has 4 N–H and O–H groups in total. The van der Waals surface area contributed by atoms with Crippen LogP contribution in [-0.2, 0) is 15.8 Å². The van der Waals surface area contributed by atoms with Gasteiger partial charge in [0.05, 0.1) is 19.0 Å². The highest BCUT2D eigenvalue weighted by molar-refractivity contribution is 7.51. The summed E-state index contributed by atoms with van der Waals surface area (Å²) in [5.74, 6) is 0.728. The van der Waals surface area contributed by atoms with Gasteiger partial charge in [0.2, 0.25) is 5.95 Å². The number of imidazole rings is 1. The SMILES string of the molecule is CC(Cn1cnc2c(N(C)C)nc(N)nc21)OCP(=O)(O)O. The number of ether oxygens (including phenoxy) is 1. The predicted molar refractivity (Wildman–Crippen MR) is 81.5 cm³/mol. The quantitative estimate of drug-likeness (QED) is 0.625. The van der Waals surface area contributed by atoms with E-state index in [9.17, 15) is 4.57 Å². The average Bonchev–Trinajstić information content (AvgIpc) is 2.77. The second-order valence-electron chi connectivity index (χ2n) is 5.14. The van der Waals surface area contributed by atoms with Crippen molar-refractivity contribution in [2.75, 3.05) is 31.1 Å². The molecule has 122 valence electrons. The molecule has 1 unspecified atom stereocenters. The average molecular weight is 330 g/mol. The molecule has 0 bridgehead atoms. The molecule has 1 atom stereocenters. The Morgan fingerprint density at radius 2 is 2.14 bits per heavy atom. The van der Waals surface area contributed by atoms with E-state index in [-0.39, 0.29) is 5.95 Å². The lowest BCUT2D eigenvalue weighted by Crippen LogP contribution is -2.18. The van der Waals surface area contributed by atoms with Gasteiger partial charge in [-0.1, -0.05) is 0 Å². The van der Waals surface area contributed by atoms with E-state index in [1.807, 2.05) is 14.1 Å². The normalized spacial score (nSPS) is 13.5. The second-order valence-corrected chi connectivity index (χ2v) is 6.73. The first-order valence-electron chi connectivity index (χ1n) is 6.49. The van der Waals surface area contributed by atoms with Gasteiger partial charge >= 0.3 is 7.60 Å². The fourth-order valence-electron chi connectivity index (χ4n) is 1.95. The van der Waals surface area contributed by atoms with Crippen LogP contribution in [-0.4, -0.2) is 55.9 Å². The zero-order chi connectivity index (χ0) is 16.5.